The first-order valence-electron chi connectivity index (χ1n) is 6.59. The lowest BCUT2D eigenvalue weighted by Gasteiger charge is -2.05. The molecule has 112 valence electrons. The van der Waals surface area contributed by atoms with Gasteiger partial charge in [-0.2, -0.15) is 4.98 Å². The first-order valence-corrected chi connectivity index (χ1v) is 7.35. The highest BCUT2D eigenvalue weighted by atomic mass is 35.5. The normalized spacial score (nSPS) is 10.7. The third-order valence-electron chi connectivity index (χ3n) is 3.02. The molecular formula is C16H12Cl2N2O2. The van der Waals surface area contributed by atoms with E-state index in [4.69, 9.17) is 32.5 Å². The summed E-state index contributed by atoms with van der Waals surface area (Å²) in [4.78, 5) is 4.30. The van der Waals surface area contributed by atoms with Gasteiger partial charge in [0.05, 0.1) is 5.02 Å². The van der Waals surface area contributed by atoms with Crippen molar-refractivity contribution in [3.05, 3.63) is 64.0 Å². The van der Waals surface area contributed by atoms with Crippen molar-refractivity contribution in [3.8, 4) is 17.1 Å². The van der Waals surface area contributed by atoms with Crippen molar-refractivity contribution >= 4 is 23.2 Å². The van der Waals surface area contributed by atoms with E-state index >= 15 is 0 Å². The minimum atomic E-state index is 0.139. The standard InChI is InChI=1S/C16H12Cl2N2O2/c1-10-2-4-11(5-3-10)16-19-15(22-20-16)9-21-14-7-6-12(17)8-13(14)18/h2-8H,9H2,1H3. The van der Waals surface area contributed by atoms with Crippen molar-refractivity contribution in [2.75, 3.05) is 0 Å². The molecule has 0 N–H and O–H groups in total. The molecule has 4 nitrogen and oxygen atoms in total. The summed E-state index contributed by atoms with van der Waals surface area (Å²) < 4.78 is 10.7. The van der Waals surface area contributed by atoms with E-state index in [2.05, 4.69) is 10.1 Å². The van der Waals surface area contributed by atoms with Crippen LogP contribution < -0.4 is 4.74 Å². The van der Waals surface area contributed by atoms with E-state index in [9.17, 15) is 0 Å². The number of ether oxygens (including phenoxy) is 1. The van der Waals surface area contributed by atoms with Gasteiger partial charge in [-0.15, -0.1) is 0 Å². The molecular weight excluding hydrogens is 323 g/mol. The summed E-state index contributed by atoms with van der Waals surface area (Å²) in [5, 5.41) is 4.93. The molecule has 0 bridgehead atoms. The molecule has 0 saturated heterocycles. The number of aryl methyl sites for hydroxylation is 1. The van der Waals surface area contributed by atoms with Gasteiger partial charge in [0.15, 0.2) is 6.61 Å². The van der Waals surface area contributed by atoms with E-state index in [0.29, 0.717) is 27.5 Å². The van der Waals surface area contributed by atoms with Crippen LogP contribution >= 0.6 is 23.2 Å². The molecule has 22 heavy (non-hydrogen) atoms. The Hall–Kier alpha value is -2.04. The summed E-state index contributed by atoms with van der Waals surface area (Å²) in [6.45, 7) is 2.16. The zero-order valence-corrected chi connectivity index (χ0v) is 13.2. The molecule has 0 amide bonds. The third kappa shape index (κ3) is 3.40. The summed E-state index contributed by atoms with van der Waals surface area (Å²) in [5.74, 6) is 1.42. The van der Waals surface area contributed by atoms with Gasteiger partial charge in [-0.1, -0.05) is 58.2 Å². The van der Waals surface area contributed by atoms with Crippen LogP contribution in [0, 0.1) is 6.92 Å². The van der Waals surface area contributed by atoms with Gasteiger partial charge in [-0.05, 0) is 25.1 Å². The minimum absolute atomic E-state index is 0.139. The Morgan fingerprint density at radius 1 is 1.09 bits per heavy atom. The largest absolute Gasteiger partial charge is 0.482 e. The molecule has 3 rings (SSSR count). The SMILES string of the molecule is Cc1ccc(-c2noc(COc3ccc(Cl)cc3Cl)n2)cc1. The predicted octanol–water partition coefficient (Wildman–Crippen LogP) is 4.93. The highest BCUT2D eigenvalue weighted by Gasteiger charge is 2.10. The molecule has 0 saturated carbocycles. The molecule has 0 radical (unpaired) electrons. The molecule has 2 aromatic carbocycles. The molecule has 1 heterocycles. The Labute approximate surface area is 137 Å². The molecule has 0 fully saturated rings. The highest BCUT2D eigenvalue weighted by molar-refractivity contribution is 6.35. The minimum Gasteiger partial charge on any atom is -0.482 e. The molecule has 0 aliphatic rings. The average Bonchev–Trinajstić information content (AvgIpc) is 2.96. The molecule has 0 aliphatic heterocycles. The lowest BCUT2D eigenvalue weighted by Crippen LogP contribution is -1.96. The van der Waals surface area contributed by atoms with Crippen LogP contribution in [-0.4, -0.2) is 10.1 Å². The first kappa shape index (κ1) is 14.9. The van der Waals surface area contributed by atoms with Gasteiger partial charge in [-0.25, -0.2) is 0 Å². The van der Waals surface area contributed by atoms with E-state index in [1.54, 1.807) is 18.2 Å². The summed E-state index contributed by atoms with van der Waals surface area (Å²) in [7, 11) is 0. The van der Waals surface area contributed by atoms with Gasteiger partial charge in [-0.3, -0.25) is 0 Å². The van der Waals surface area contributed by atoms with Gasteiger partial charge in [0.25, 0.3) is 5.89 Å². The number of nitrogens with zero attached hydrogens (tertiary/aromatic N) is 2. The van der Waals surface area contributed by atoms with Crippen LogP contribution in [0.1, 0.15) is 11.5 Å². The Bertz CT molecular complexity index is 785. The van der Waals surface area contributed by atoms with Gasteiger partial charge in [0, 0.05) is 10.6 Å². The number of halogens is 2. The van der Waals surface area contributed by atoms with Gasteiger partial charge in [0.2, 0.25) is 5.82 Å². The zero-order chi connectivity index (χ0) is 15.5. The van der Waals surface area contributed by atoms with Crippen LogP contribution in [0.3, 0.4) is 0 Å². The molecule has 3 aromatic rings. The number of benzene rings is 2. The Morgan fingerprint density at radius 2 is 1.86 bits per heavy atom. The van der Waals surface area contributed by atoms with Gasteiger partial charge < -0.3 is 9.26 Å². The van der Waals surface area contributed by atoms with Crippen molar-refractivity contribution in [2.24, 2.45) is 0 Å². The maximum absolute atomic E-state index is 6.04. The molecule has 0 spiro atoms. The first-order chi connectivity index (χ1) is 10.6. The quantitative estimate of drug-likeness (QED) is 0.678. The summed E-state index contributed by atoms with van der Waals surface area (Å²) in [5.41, 5.74) is 2.07. The van der Waals surface area contributed by atoms with Crippen LogP contribution in [0.2, 0.25) is 10.0 Å². The van der Waals surface area contributed by atoms with E-state index in [0.717, 1.165) is 5.56 Å². The lowest BCUT2D eigenvalue weighted by atomic mass is 10.1. The fourth-order valence-corrected chi connectivity index (χ4v) is 2.33. The van der Waals surface area contributed by atoms with E-state index in [1.807, 2.05) is 31.2 Å². The number of hydrogen-bond acceptors (Lipinski definition) is 4. The van der Waals surface area contributed by atoms with Crippen molar-refractivity contribution < 1.29 is 9.26 Å². The summed E-state index contributed by atoms with van der Waals surface area (Å²) in [6.07, 6.45) is 0. The van der Waals surface area contributed by atoms with Gasteiger partial charge >= 0.3 is 0 Å². The fourth-order valence-electron chi connectivity index (χ4n) is 1.87. The second-order valence-corrected chi connectivity index (χ2v) is 5.58. The topological polar surface area (TPSA) is 48.2 Å². The van der Waals surface area contributed by atoms with E-state index in [-0.39, 0.29) is 6.61 Å². The van der Waals surface area contributed by atoms with Crippen molar-refractivity contribution in [2.45, 2.75) is 13.5 Å². The Balaban J connectivity index is 1.70. The van der Waals surface area contributed by atoms with Crippen LogP contribution in [-0.2, 0) is 6.61 Å². The third-order valence-corrected chi connectivity index (χ3v) is 3.55. The van der Waals surface area contributed by atoms with Gasteiger partial charge in [0.1, 0.15) is 5.75 Å². The molecule has 0 atom stereocenters. The average molecular weight is 335 g/mol. The molecule has 6 heteroatoms. The summed E-state index contributed by atoms with van der Waals surface area (Å²) in [6, 6.07) is 12.9. The number of hydrogen-bond donors (Lipinski definition) is 0. The van der Waals surface area contributed by atoms with E-state index in [1.165, 1.54) is 5.56 Å². The predicted molar refractivity (Wildman–Crippen MR) is 85.3 cm³/mol. The summed E-state index contributed by atoms with van der Waals surface area (Å²) >= 11 is 11.9. The van der Waals surface area contributed by atoms with E-state index < -0.39 is 0 Å². The van der Waals surface area contributed by atoms with Crippen LogP contribution in [0.25, 0.3) is 11.4 Å². The number of aromatic nitrogens is 2. The zero-order valence-electron chi connectivity index (χ0n) is 11.7. The van der Waals surface area contributed by atoms with Crippen molar-refractivity contribution in [1.29, 1.82) is 0 Å². The molecule has 0 unspecified atom stereocenters. The van der Waals surface area contributed by atoms with Crippen LogP contribution in [0.4, 0.5) is 0 Å². The Kier molecular flexibility index (Phi) is 4.32. The molecule has 0 aliphatic carbocycles. The maximum Gasteiger partial charge on any atom is 0.264 e. The molecule has 1 aromatic heterocycles. The monoisotopic (exact) mass is 334 g/mol. The lowest BCUT2D eigenvalue weighted by molar-refractivity contribution is 0.243. The van der Waals surface area contributed by atoms with Crippen molar-refractivity contribution in [1.82, 2.24) is 10.1 Å². The fraction of sp³-hybridized carbons (Fsp3) is 0.125. The van der Waals surface area contributed by atoms with Crippen LogP contribution in [0.5, 0.6) is 5.75 Å². The Morgan fingerprint density at radius 3 is 2.59 bits per heavy atom. The second kappa shape index (κ2) is 6.38. The second-order valence-electron chi connectivity index (χ2n) is 4.74. The maximum atomic E-state index is 6.04. The van der Waals surface area contributed by atoms with Crippen molar-refractivity contribution in [3.63, 3.8) is 0 Å². The number of rotatable bonds is 4. The smallest absolute Gasteiger partial charge is 0.264 e. The van der Waals surface area contributed by atoms with Crippen LogP contribution in [0.15, 0.2) is 47.0 Å². The highest BCUT2D eigenvalue weighted by Crippen LogP contribution is 2.28.